The number of hydrogen-bond acceptors (Lipinski definition) is 3. The van der Waals surface area contributed by atoms with Crippen LogP contribution in [-0.2, 0) is 6.54 Å². The van der Waals surface area contributed by atoms with Crippen LogP contribution in [0.1, 0.15) is 34.6 Å². The van der Waals surface area contributed by atoms with E-state index in [1.54, 1.807) is 18.2 Å². The number of nitrogens with zero attached hydrogens (tertiary/aromatic N) is 1. The van der Waals surface area contributed by atoms with Crippen molar-refractivity contribution >= 4 is 5.91 Å². The highest BCUT2D eigenvalue weighted by atomic mass is 19.1. The molecule has 3 rings (SSSR count). The largest absolute Gasteiger partial charge is 0.348 e. The van der Waals surface area contributed by atoms with Crippen molar-refractivity contribution in [2.75, 3.05) is 0 Å². The molecular formula is C17H18FN3O. The highest BCUT2D eigenvalue weighted by Crippen LogP contribution is 2.27. The first kappa shape index (κ1) is 14.7. The molecule has 114 valence electrons. The van der Waals surface area contributed by atoms with Gasteiger partial charge in [-0.3, -0.25) is 4.79 Å². The molecule has 1 aromatic carbocycles. The molecular weight excluding hydrogens is 281 g/mol. The van der Waals surface area contributed by atoms with Crippen LogP contribution in [0, 0.1) is 12.7 Å². The summed E-state index contributed by atoms with van der Waals surface area (Å²) < 4.78 is 13.1. The molecule has 0 saturated heterocycles. The third-order valence-electron chi connectivity index (χ3n) is 3.84. The normalized spacial score (nSPS) is 14.0. The second-order valence-corrected chi connectivity index (χ2v) is 5.58. The summed E-state index contributed by atoms with van der Waals surface area (Å²) in [5.74, 6) is -0.465. The van der Waals surface area contributed by atoms with Crippen molar-refractivity contribution in [2.45, 2.75) is 32.4 Å². The number of rotatable bonds is 4. The molecule has 0 bridgehead atoms. The van der Waals surface area contributed by atoms with E-state index in [4.69, 9.17) is 5.73 Å². The number of benzene rings is 1. The van der Waals surface area contributed by atoms with Crippen LogP contribution < -0.4 is 11.1 Å². The Kier molecular flexibility index (Phi) is 3.90. The maximum absolute atomic E-state index is 13.1. The van der Waals surface area contributed by atoms with Crippen molar-refractivity contribution in [3.8, 4) is 11.1 Å². The molecule has 3 N–H and O–H groups in total. The molecule has 0 unspecified atom stereocenters. The lowest BCUT2D eigenvalue weighted by molar-refractivity contribution is 0.0946. The standard InChI is InChI=1S/C17H18FN3O/c1-10-15(9-19)14(11-2-4-12(18)5-3-11)8-16(20-10)17(22)21-13-6-7-13/h2-5,8,13H,6-7,9,19H2,1H3,(H,21,22). The van der Waals surface area contributed by atoms with Gasteiger partial charge in [0, 0.05) is 18.3 Å². The van der Waals surface area contributed by atoms with Gasteiger partial charge in [-0.1, -0.05) is 12.1 Å². The molecule has 1 saturated carbocycles. The highest BCUT2D eigenvalue weighted by Gasteiger charge is 2.25. The molecule has 0 spiro atoms. The molecule has 1 aliphatic rings. The number of aromatic nitrogens is 1. The van der Waals surface area contributed by atoms with E-state index >= 15 is 0 Å². The van der Waals surface area contributed by atoms with E-state index in [-0.39, 0.29) is 17.8 Å². The van der Waals surface area contributed by atoms with Crippen LogP contribution in [0.3, 0.4) is 0 Å². The van der Waals surface area contributed by atoms with Gasteiger partial charge < -0.3 is 11.1 Å². The molecule has 1 aromatic heterocycles. The third-order valence-corrected chi connectivity index (χ3v) is 3.84. The maximum Gasteiger partial charge on any atom is 0.270 e. The summed E-state index contributed by atoms with van der Waals surface area (Å²) in [6.07, 6.45) is 2.05. The summed E-state index contributed by atoms with van der Waals surface area (Å²) in [4.78, 5) is 16.6. The average molecular weight is 299 g/mol. The number of carbonyl (C=O) groups excluding carboxylic acids is 1. The van der Waals surface area contributed by atoms with Crippen LogP contribution in [0.2, 0.25) is 0 Å². The monoisotopic (exact) mass is 299 g/mol. The second kappa shape index (κ2) is 5.85. The predicted molar refractivity (Wildman–Crippen MR) is 82.7 cm³/mol. The van der Waals surface area contributed by atoms with Crippen molar-refractivity contribution in [3.05, 3.63) is 53.1 Å². The smallest absolute Gasteiger partial charge is 0.270 e. The van der Waals surface area contributed by atoms with Gasteiger partial charge in [0.15, 0.2) is 0 Å². The molecule has 0 aliphatic heterocycles. The van der Waals surface area contributed by atoms with E-state index in [0.717, 1.165) is 35.2 Å². The molecule has 1 fully saturated rings. The van der Waals surface area contributed by atoms with E-state index in [2.05, 4.69) is 10.3 Å². The van der Waals surface area contributed by atoms with Gasteiger partial charge >= 0.3 is 0 Å². The quantitative estimate of drug-likeness (QED) is 0.911. The Balaban J connectivity index is 2.03. The molecule has 1 aliphatic carbocycles. The maximum atomic E-state index is 13.1. The van der Waals surface area contributed by atoms with E-state index in [1.165, 1.54) is 12.1 Å². The number of amides is 1. The first-order valence-electron chi connectivity index (χ1n) is 7.36. The van der Waals surface area contributed by atoms with Gasteiger partial charge in [0.05, 0.1) is 0 Å². The van der Waals surface area contributed by atoms with Gasteiger partial charge in [0.2, 0.25) is 0 Å². The molecule has 1 heterocycles. The van der Waals surface area contributed by atoms with Crippen LogP contribution in [-0.4, -0.2) is 16.9 Å². The first-order chi connectivity index (χ1) is 10.6. The van der Waals surface area contributed by atoms with Crippen LogP contribution in [0.25, 0.3) is 11.1 Å². The lowest BCUT2D eigenvalue weighted by atomic mass is 9.98. The number of hydrogen-bond donors (Lipinski definition) is 2. The van der Waals surface area contributed by atoms with Gasteiger partial charge in [-0.15, -0.1) is 0 Å². The van der Waals surface area contributed by atoms with Crippen LogP contribution in [0.15, 0.2) is 30.3 Å². The van der Waals surface area contributed by atoms with Gasteiger partial charge in [-0.25, -0.2) is 9.37 Å². The summed E-state index contributed by atoms with van der Waals surface area (Å²) in [5.41, 5.74) is 9.45. The summed E-state index contributed by atoms with van der Waals surface area (Å²) in [5, 5.41) is 2.93. The van der Waals surface area contributed by atoms with Crippen LogP contribution in [0.5, 0.6) is 0 Å². The van der Waals surface area contributed by atoms with Crippen molar-refractivity contribution in [1.29, 1.82) is 0 Å². The lowest BCUT2D eigenvalue weighted by Crippen LogP contribution is -2.26. The summed E-state index contributed by atoms with van der Waals surface area (Å²) >= 11 is 0. The van der Waals surface area contributed by atoms with Crippen molar-refractivity contribution in [3.63, 3.8) is 0 Å². The SMILES string of the molecule is Cc1nc(C(=O)NC2CC2)cc(-c2ccc(F)cc2)c1CN. The molecule has 4 nitrogen and oxygen atoms in total. The zero-order valence-electron chi connectivity index (χ0n) is 12.4. The van der Waals surface area contributed by atoms with E-state index < -0.39 is 0 Å². The first-order valence-corrected chi connectivity index (χ1v) is 7.36. The van der Waals surface area contributed by atoms with E-state index in [9.17, 15) is 9.18 Å². The Labute approximate surface area is 128 Å². The fraction of sp³-hybridized carbons (Fsp3) is 0.294. The molecule has 22 heavy (non-hydrogen) atoms. The van der Waals surface area contributed by atoms with Crippen molar-refractivity contribution in [1.82, 2.24) is 10.3 Å². The summed E-state index contributed by atoms with van der Waals surface area (Å²) in [6.45, 7) is 2.15. The average Bonchev–Trinajstić information content (AvgIpc) is 3.31. The van der Waals surface area contributed by atoms with Gasteiger partial charge in [0.1, 0.15) is 11.5 Å². The number of aryl methyl sites for hydroxylation is 1. The minimum absolute atomic E-state index is 0.169. The Bertz CT molecular complexity index is 709. The number of nitrogens with one attached hydrogen (secondary N) is 1. The predicted octanol–water partition coefficient (Wildman–Crippen LogP) is 2.55. The zero-order chi connectivity index (χ0) is 15.7. The molecule has 0 radical (unpaired) electrons. The molecule has 5 heteroatoms. The lowest BCUT2D eigenvalue weighted by Gasteiger charge is -2.13. The Morgan fingerprint density at radius 1 is 1.36 bits per heavy atom. The van der Waals surface area contributed by atoms with Crippen molar-refractivity contribution < 1.29 is 9.18 Å². The summed E-state index contributed by atoms with van der Waals surface area (Å²) in [6, 6.07) is 8.18. The topological polar surface area (TPSA) is 68.0 Å². The second-order valence-electron chi connectivity index (χ2n) is 5.58. The molecule has 0 atom stereocenters. The van der Waals surface area contributed by atoms with Gasteiger partial charge in [-0.05, 0) is 54.7 Å². The van der Waals surface area contributed by atoms with Crippen LogP contribution in [0.4, 0.5) is 4.39 Å². The number of halogens is 1. The Morgan fingerprint density at radius 3 is 2.64 bits per heavy atom. The fourth-order valence-corrected chi connectivity index (χ4v) is 2.45. The highest BCUT2D eigenvalue weighted by molar-refractivity contribution is 5.94. The molecule has 1 amide bonds. The number of carbonyl (C=O) groups is 1. The minimum Gasteiger partial charge on any atom is -0.348 e. The fourth-order valence-electron chi connectivity index (χ4n) is 2.45. The van der Waals surface area contributed by atoms with Crippen molar-refractivity contribution in [2.24, 2.45) is 5.73 Å². The minimum atomic E-state index is -0.296. The zero-order valence-corrected chi connectivity index (χ0v) is 12.4. The third kappa shape index (κ3) is 2.99. The van der Waals surface area contributed by atoms with E-state index in [0.29, 0.717) is 12.2 Å². The van der Waals surface area contributed by atoms with E-state index in [1.807, 2.05) is 6.92 Å². The molecule has 2 aromatic rings. The number of nitrogens with two attached hydrogens (primary N) is 1. The summed E-state index contributed by atoms with van der Waals surface area (Å²) in [7, 11) is 0. The van der Waals surface area contributed by atoms with Crippen LogP contribution >= 0.6 is 0 Å². The number of pyridine rings is 1. The van der Waals surface area contributed by atoms with Gasteiger partial charge in [0.25, 0.3) is 5.91 Å². The van der Waals surface area contributed by atoms with Gasteiger partial charge in [-0.2, -0.15) is 0 Å². The Morgan fingerprint density at radius 2 is 2.05 bits per heavy atom. The Hall–Kier alpha value is -2.27.